The lowest BCUT2D eigenvalue weighted by Gasteiger charge is -2.25. The Morgan fingerprint density at radius 1 is 1.62 bits per heavy atom. The van der Waals surface area contributed by atoms with Crippen molar-refractivity contribution in [2.45, 2.75) is 19.4 Å². The van der Waals surface area contributed by atoms with E-state index < -0.39 is 5.60 Å². The number of nitrogens with two attached hydrogens (primary N) is 1. The van der Waals surface area contributed by atoms with Crippen LogP contribution >= 0.6 is 0 Å². The molecule has 0 saturated carbocycles. The highest BCUT2D eigenvalue weighted by atomic mass is 16.3. The summed E-state index contributed by atoms with van der Waals surface area (Å²) in [5, 5.41) is 9.63. The summed E-state index contributed by atoms with van der Waals surface area (Å²) in [5.74, 6) is -0.152. The van der Waals surface area contributed by atoms with Gasteiger partial charge in [0.1, 0.15) is 5.69 Å². The molecular formula is C11H19N3O2. The van der Waals surface area contributed by atoms with Crippen molar-refractivity contribution in [2.75, 3.05) is 19.3 Å². The number of carbonyl (C=O) groups is 1. The molecule has 0 radical (unpaired) electrons. The first-order valence-electron chi connectivity index (χ1n) is 5.10. The number of nitrogen functional groups attached to an aromatic ring is 1. The van der Waals surface area contributed by atoms with Gasteiger partial charge in [-0.05, 0) is 19.9 Å². The number of aliphatic hydroxyl groups is 1. The molecule has 0 aliphatic rings. The molecule has 90 valence electrons. The fraction of sp³-hybridized carbons (Fsp3) is 0.545. The molecule has 5 heteroatoms. The van der Waals surface area contributed by atoms with E-state index in [0.717, 1.165) is 0 Å². The number of hydrogen-bond donors (Lipinski definition) is 2. The first-order chi connectivity index (χ1) is 7.20. The van der Waals surface area contributed by atoms with Gasteiger partial charge in [-0.3, -0.25) is 4.79 Å². The number of amides is 1. The normalized spacial score (nSPS) is 11.6. The Morgan fingerprint density at radius 3 is 2.56 bits per heavy atom. The molecule has 0 spiro atoms. The van der Waals surface area contributed by atoms with Gasteiger partial charge in [-0.15, -0.1) is 0 Å². The number of nitrogens with zero attached hydrogens (tertiary/aromatic N) is 2. The summed E-state index contributed by atoms with van der Waals surface area (Å²) >= 11 is 0. The third kappa shape index (κ3) is 3.00. The van der Waals surface area contributed by atoms with Crippen LogP contribution in [-0.4, -0.2) is 39.7 Å². The van der Waals surface area contributed by atoms with E-state index in [2.05, 4.69) is 0 Å². The Hall–Kier alpha value is -1.49. The first kappa shape index (κ1) is 12.6. The second-order valence-corrected chi connectivity index (χ2v) is 4.74. The van der Waals surface area contributed by atoms with Crippen LogP contribution in [0.25, 0.3) is 0 Å². The standard InChI is InChI=1S/C11H19N3O2/c1-11(2,16)7-14(4)10(15)9-5-8(12)6-13(9)3/h5-6,16H,7,12H2,1-4H3. The van der Waals surface area contributed by atoms with Crippen LogP contribution in [0.3, 0.4) is 0 Å². The van der Waals surface area contributed by atoms with E-state index in [-0.39, 0.29) is 12.5 Å². The maximum atomic E-state index is 12.0. The van der Waals surface area contributed by atoms with Gasteiger partial charge in [0.2, 0.25) is 0 Å². The van der Waals surface area contributed by atoms with Crippen LogP contribution in [0, 0.1) is 0 Å². The molecule has 1 aromatic rings. The van der Waals surface area contributed by atoms with E-state index in [4.69, 9.17) is 5.73 Å². The quantitative estimate of drug-likeness (QED) is 0.784. The predicted octanol–water partition coefficient (Wildman–Crippen LogP) is 0.450. The third-order valence-electron chi connectivity index (χ3n) is 2.22. The lowest BCUT2D eigenvalue weighted by Crippen LogP contribution is -2.40. The van der Waals surface area contributed by atoms with Crippen LogP contribution < -0.4 is 5.73 Å². The smallest absolute Gasteiger partial charge is 0.270 e. The summed E-state index contributed by atoms with van der Waals surface area (Å²) in [6.07, 6.45) is 1.69. The summed E-state index contributed by atoms with van der Waals surface area (Å²) in [6.45, 7) is 3.60. The van der Waals surface area contributed by atoms with Crippen molar-refractivity contribution in [3.8, 4) is 0 Å². The Balaban J connectivity index is 2.82. The summed E-state index contributed by atoms with van der Waals surface area (Å²) in [5.41, 5.74) is 5.78. The lowest BCUT2D eigenvalue weighted by molar-refractivity contribution is 0.0363. The number of aromatic nitrogens is 1. The van der Waals surface area contributed by atoms with Crippen molar-refractivity contribution in [3.63, 3.8) is 0 Å². The van der Waals surface area contributed by atoms with Crippen molar-refractivity contribution in [1.29, 1.82) is 0 Å². The van der Waals surface area contributed by atoms with Crippen molar-refractivity contribution >= 4 is 11.6 Å². The fourth-order valence-corrected chi connectivity index (χ4v) is 1.65. The highest BCUT2D eigenvalue weighted by Gasteiger charge is 2.22. The number of likely N-dealkylation sites (N-methyl/N-ethyl adjacent to an activating group) is 1. The first-order valence-corrected chi connectivity index (χ1v) is 5.10. The maximum Gasteiger partial charge on any atom is 0.270 e. The van der Waals surface area contributed by atoms with E-state index in [0.29, 0.717) is 11.4 Å². The summed E-state index contributed by atoms with van der Waals surface area (Å²) in [7, 11) is 3.42. The van der Waals surface area contributed by atoms with Gasteiger partial charge in [0.25, 0.3) is 5.91 Å². The minimum absolute atomic E-state index is 0.152. The van der Waals surface area contributed by atoms with Gasteiger partial charge in [0.05, 0.1) is 11.3 Å². The Morgan fingerprint density at radius 2 is 2.19 bits per heavy atom. The monoisotopic (exact) mass is 225 g/mol. The van der Waals surface area contributed by atoms with Gasteiger partial charge in [-0.2, -0.15) is 0 Å². The molecule has 5 nitrogen and oxygen atoms in total. The van der Waals surface area contributed by atoms with Crippen LogP contribution in [0.5, 0.6) is 0 Å². The Bertz CT molecular complexity index is 390. The molecule has 1 amide bonds. The molecule has 0 bridgehead atoms. The molecule has 1 rings (SSSR count). The Labute approximate surface area is 95.5 Å². The minimum atomic E-state index is -0.902. The zero-order valence-electron chi connectivity index (χ0n) is 10.2. The summed E-state index contributed by atoms with van der Waals surface area (Å²) in [4.78, 5) is 13.5. The van der Waals surface area contributed by atoms with Crippen LogP contribution in [-0.2, 0) is 7.05 Å². The van der Waals surface area contributed by atoms with Crippen molar-refractivity contribution in [3.05, 3.63) is 18.0 Å². The van der Waals surface area contributed by atoms with E-state index in [1.54, 1.807) is 44.8 Å². The van der Waals surface area contributed by atoms with E-state index in [9.17, 15) is 9.90 Å². The van der Waals surface area contributed by atoms with E-state index in [1.165, 1.54) is 4.90 Å². The van der Waals surface area contributed by atoms with Gasteiger partial charge >= 0.3 is 0 Å². The van der Waals surface area contributed by atoms with Gasteiger partial charge in [-0.25, -0.2) is 0 Å². The van der Waals surface area contributed by atoms with Crippen LogP contribution in [0.4, 0.5) is 5.69 Å². The second kappa shape index (κ2) is 4.17. The van der Waals surface area contributed by atoms with Crippen molar-refractivity contribution in [1.82, 2.24) is 9.47 Å². The molecule has 0 unspecified atom stereocenters. The summed E-state index contributed by atoms with van der Waals surface area (Å²) < 4.78 is 1.68. The fourth-order valence-electron chi connectivity index (χ4n) is 1.65. The highest BCUT2D eigenvalue weighted by molar-refractivity contribution is 5.93. The molecular weight excluding hydrogens is 206 g/mol. The predicted molar refractivity (Wildman–Crippen MR) is 63.1 cm³/mol. The largest absolute Gasteiger partial charge is 0.397 e. The third-order valence-corrected chi connectivity index (χ3v) is 2.22. The lowest BCUT2D eigenvalue weighted by atomic mass is 10.1. The van der Waals surface area contributed by atoms with Gasteiger partial charge in [-0.1, -0.05) is 0 Å². The topological polar surface area (TPSA) is 71.5 Å². The molecule has 0 aliphatic carbocycles. The SMILES string of the molecule is CN(CC(C)(C)O)C(=O)c1cc(N)cn1C. The molecule has 0 aromatic carbocycles. The van der Waals surface area contributed by atoms with Crippen LogP contribution in [0.15, 0.2) is 12.3 Å². The zero-order chi connectivity index (χ0) is 12.5. The van der Waals surface area contributed by atoms with Crippen LogP contribution in [0.2, 0.25) is 0 Å². The average Bonchev–Trinajstić information content (AvgIpc) is 2.41. The number of hydrogen-bond acceptors (Lipinski definition) is 3. The summed E-state index contributed by atoms with van der Waals surface area (Å²) in [6, 6.07) is 1.63. The minimum Gasteiger partial charge on any atom is -0.397 e. The molecule has 0 aliphatic heterocycles. The van der Waals surface area contributed by atoms with Gasteiger partial charge in [0, 0.05) is 26.8 Å². The average molecular weight is 225 g/mol. The number of anilines is 1. The van der Waals surface area contributed by atoms with Gasteiger partial charge < -0.3 is 20.3 Å². The maximum absolute atomic E-state index is 12.0. The van der Waals surface area contributed by atoms with Crippen molar-refractivity contribution < 1.29 is 9.90 Å². The number of aryl methyl sites for hydroxylation is 1. The van der Waals surface area contributed by atoms with E-state index in [1.807, 2.05) is 0 Å². The van der Waals surface area contributed by atoms with E-state index >= 15 is 0 Å². The zero-order valence-corrected chi connectivity index (χ0v) is 10.2. The molecule has 0 fully saturated rings. The molecule has 3 N–H and O–H groups in total. The highest BCUT2D eigenvalue weighted by Crippen LogP contribution is 2.12. The second-order valence-electron chi connectivity index (χ2n) is 4.74. The molecule has 0 atom stereocenters. The number of carbonyl (C=O) groups excluding carboxylic acids is 1. The molecule has 0 saturated heterocycles. The molecule has 1 heterocycles. The van der Waals surface area contributed by atoms with Gasteiger partial charge in [0.15, 0.2) is 0 Å². The van der Waals surface area contributed by atoms with Crippen molar-refractivity contribution in [2.24, 2.45) is 7.05 Å². The number of rotatable bonds is 3. The van der Waals surface area contributed by atoms with Crippen LogP contribution in [0.1, 0.15) is 24.3 Å². The molecule has 1 aromatic heterocycles. The Kier molecular flexibility index (Phi) is 3.28. The molecule has 16 heavy (non-hydrogen) atoms.